The van der Waals surface area contributed by atoms with Crippen molar-refractivity contribution < 1.29 is 9.53 Å². The van der Waals surface area contributed by atoms with E-state index in [1.807, 2.05) is 97.9 Å². The van der Waals surface area contributed by atoms with Crippen LogP contribution < -0.4 is 4.74 Å². The monoisotopic (exact) mass is 414 g/mol. The summed E-state index contributed by atoms with van der Waals surface area (Å²) < 4.78 is 7.60. The predicted molar refractivity (Wildman–Crippen MR) is 119 cm³/mol. The zero-order valence-corrected chi connectivity index (χ0v) is 17.5. The van der Waals surface area contributed by atoms with Gasteiger partial charge in [0.05, 0.1) is 22.7 Å². The van der Waals surface area contributed by atoms with Crippen LogP contribution in [0.15, 0.2) is 101 Å². The van der Waals surface area contributed by atoms with Gasteiger partial charge in [0, 0.05) is 4.90 Å². The lowest BCUT2D eigenvalue weighted by Gasteiger charge is -2.10. The van der Waals surface area contributed by atoms with E-state index in [0.29, 0.717) is 18.7 Å². The first kappa shape index (κ1) is 20.0. The third kappa shape index (κ3) is 4.81. The van der Waals surface area contributed by atoms with Crippen LogP contribution in [-0.2, 0) is 11.2 Å². The summed E-state index contributed by atoms with van der Waals surface area (Å²) in [6.07, 6.45) is 0.942. The maximum absolute atomic E-state index is 12.7. The second-order valence-corrected chi connectivity index (χ2v) is 7.93. The Hall–Kier alpha value is -3.31. The Kier molecular flexibility index (Phi) is 6.30. The van der Waals surface area contributed by atoms with Gasteiger partial charge in [-0.15, -0.1) is 0 Å². The van der Waals surface area contributed by atoms with Crippen LogP contribution in [-0.4, -0.2) is 15.7 Å². The van der Waals surface area contributed by atoms with Gasteiger partial charge in [0.25, 0.3) is 0 Å². The van der Waals surface area contributed by atoms with Crippen LogP contribution in [0, 0.1) is 6.92 Å². The molecule has 0 aliphatic heterocycles. The molecule has 0 N–H and O–H groups in total. The minimum atomic E-state index is -0.272. The molecule has 0 bridgehead atoms. The predicted octanol–water partition coefficient (Wildman–Crippen LogP) is 5.87. The molecule has 4 rings (SSSR count). The number of aryl methyl sites for hydroxylation is 2. The second-order valence-electron chi connectivity index (χ2n) is 6.84. The fourth-order valence-electron chi connectivity index (χ4n) is 3.10. The number of benzene rings is 3. The van der Waals surface area contributed by atoms with Gasteiger partial charge in [0.2, 0.25) is 5.88 Å². The van der Waals surface area contributed by atoms with E-state index in [4.69, 9.17) is 4.74 Å². The molecule has 4 aromatic rings. The van der Waals surface area contributed by atoms with Crippen molar-refractivity contribution in [2.75, 3.05) is 0 Å². The molecular formula is C25H22N2O2S. The van der Waals surface area contributed by atoms with E-state index in [2.05, 4.69) is 5.10 Å². The largest absolute Gasteiger partial charge is 0.406 e. The molecule has 0 spiro atoms. The van der Waals surface area contributed by atoms with E-state index >= 15 is 0 Å². The van der Waals surface area contributed by atoms with E-state index < -0.39 is 0 Å². The van der Waals surface area contributed by atoms with Crippen molar-refractivity contribution in [1.29, 1.82) is 0 Å². The van der Waals surface area contributed by atoms with Crippen LogP contribution in [0.1, 0.15) is 17.7 Å². The summed E-state index contributed by atoms with van der Waals surface area (Å²) in [5.74, 6) is 0.191. The normalized spacial score (nSPS) is 10.7. The van der Waals surface area contributed by atoms with Gasteiger partial charge in [-0.05, 0) is 43.2 Å². The highest BCUT2D eigenvalue weighted by atomic mass is 32.2. The Morgan fingerprint density at radius 2 is 1.50 bits per heavy atom. The van der Waals surface area contributed by atoms with Crippen molar-refractivity contribution in [1.82, 2.24) is 9.78 Å². The Morgan fingerprint density at radius 3 is 2.17 bits per heavy atom. The van der Waals surface area contributed by atoms with Gasteiger partial charge in [0.15, 0.2) is 0 Å². The number of rotatable bonds is 7. The standard InChI is InChI=1S/C25H22N2O2S/c1-19-24(30-22-15-9-4-10-16-22)25(27(26-19)21-13-7-3-8-14-21)29-23(28)18-17-20-11-5-2-6-12-20/h2-16H,17-18H2,1H3. The van der Waals surface area contributed by atoms with Crippen molar-refractivity contribution in [2.24, 2.45) is 0 Å². The lowest BCUT2D eigenvalue weighted by Crippen LogP contribution is -2.12. The fourth-order valence-corrected chi connectivity index (χ4v) is 4.03. The van der Waals surface area contributed by atoms with E-state index in [0.717, 1.165) is 26.7 Å². The first-order valence-electron chi connectivity index (χ1n) is 9.83. The van der Waals surface area contributed by atoms with Gasteiger partial charge in [0.1, 0.15) is 0 Å². The second kappa shape index (κ2) is 9.46. The molecular weight excluding hydrogens is 392 g/mol. The maximum atomic E-state index is 12.7. The Bertz CT molecular complexity index is 1110. The van der Waals surface area contributed by atoms with Crippen molar-refractivity contribution in [3.63, 3.8) is 0 Å². The van der Waals surface area contributed by atoms with Gasteiger partial charge >= 0.3 is 5.97 Å². The van der Waals surface area contributed by atoms with Crippen molar-refractivity contribution >= 4 is 17.7 Å². The molecule has 0 aliphatic carbocycles. The number of hydrogen-bond acceptors (Lipinski definition) is 4. The zero-order chi connectivity index (χ0) is 20.8. The molecule has 0 fully saturated rings. The molecule has 3 aromatic carbocycles. The molecule has 0 radical (unpaired) electrons. The Morgan fingerprint density at radius 1 is 0.900 bits per heavy atom. The zero-order valence-electron chi connectivity index (χ0n) is 16.7. The highest BCUT2D eigenvalue weighted by molar-refractivity contribution is 7.99. The molecule has 5 heteroatoms. The molecule has 30 heavy (non-hydrogen) atoms. The van der Waals surface area contributed by atoms with E-state index in [9.17, 15) is 4.79 Å². The number of nitrogens with zero attached hydrogens (tertiary/aromatic N) is 2. The first-order chi connectivity index (χ1) is 14.7. The minimum absolute atomic E-state index is 0.272. The van der Waals surface area contributed by atoms with Gasteiger partial charge in [-0.2, -0.15) is 9.78 Å². The summed E-state index contributed by atoms with van der Waals surface area (Å²) in [6.45, 7) is 1.94. The van der Waals surface area contributed by atoms with Gasteiger partial charge in [-0.25, -0.2) is 0 Å². The van der Waals surface area contributed by atoms with Crippen LogP contribution in [0.4, 0.5) is 0 Å². The number of carbonyl (C=O) groups excluding carboxylic acids is 1. The molecule has 4 nitrogen and oxygen atoms in total. The molecule has 0 unspecified atom stereocenters. The quantitative estimate of drug-likeness (QED) is 0.355. The molecule has 150 valence electrons. The summed E-state index contributed by atoms with van der Waals surface area (Å²) in [5, 5.41) is 4.67. The van der Waals surface area contributed by atoms with E-state index in [1.165, 1.54) is 0 Å². The number of hydrogen-bond donors (Lipinski definition) is 0. The first-order valence-corrected chi connectivity index (χ1v) is 10.6. The summed E-state index contributed by atoms with van der Waals surface area (Å²) in [5.41, 5.74) is 2.78. The van der Waals surface area contributed by atoms with Crippen LogP contribution in [0.5, 0.6) is 5.88 Å². The molecule has 1 heterocycles. The molecule has 0 aliphatic rings. The number of carbonyl (C=O) groups is 1. The Labute approximate surface area is 180 Å². The summed E-state index contributed by atoms with van der Waals surface area (Å²) in [6, 6.07) is 29.7. The van der Waals surface area contributed by atoms with Crippen molar-refractivity contribution in [2.45, 2.75) is 29.6 Å². The van der Waals surface area contributed by atoms with Gasteiger partial charge < -0.3 is 4.74 Å². The van der Waals surface area contributed by atoms with E-state index in [1.54, 1.807) is 16.4 Å². The molecule has 0 amide bonds. The smallest absolute Gasteiger partial charge is 0.312 e. The molecule has 0 saturated heterocycles. The topological polar surface area (TPSA) is 44.1 Å². The van der Waals surface area contributed by atoms with Crippen molar-refractivity contribution in [3.8, 4) is 11.6 Å². The number of esters is 1. The average molecular weight is 415 g/mol. The van der Waals surface area contributed by atoms with E-state index in [-0.39, 0.29) is 5.97 Å². The number of ether oxygens (including phenoxy) is 1. The number of aromatic nitrogens is 2. The molecule has 0 saturated carbocycles. The van der Waals surface area contributed by atoms with Crippen LogP contribution in [0.2, 0.25) is 0 Å². The maximum Gasteiger partial charge on any atom is 0.312 e. The fraction of sp³-hybridized carbons (Fsp3) is 0.120. The highest BCUT2D eigenvalue weighted by Gasteiger charge is 2.22. The van der Waals surface area contributed by atoms with Crippen molar-refractivity contribution in [3.05, 3.63) is 102 Å². The third-order valence-corrected chi connectivity index (χ3v) is 5.78. The minimum Gasteiger partial charge on any atom is -0.406 e. The van der Waals surface area contributed by atoms with Crippen LogP contribution in [0.25, 0.3) is 5.69 Å². The van der Waals surface area contributed by atoms with Crippen LogP contribution in [0.3, 0.4) is 0 Å². The van der Waals surface area contributed by atoms with Crippen LogP contribution >= 0.6 is 11.8 Å². The van der Waals surface area contributed by atoms with Gasteiger partial charge in [-0.3, -0.25) is 4.79 Å². The lowest BCUT2D eigenvalue weighted by atomic mass is 10.1. The summed E-state index contributed by atoms with van der Waals surface area (Å²) >= 11 is 1.55. The average Bonchev–Trinajstić information content (AvgIpc) is 3.09. The molecule has 0 atom stereocenters. The highest BCUT2D eigenvalue weighted by Crippen LogP contribution is 2.39. The SMILES string of the molecule is Cc1nn(-c2ccccc2)c(OC(=O)CCc2ccccc2)c1Sc1ccccc1. The molecule has 1 aromatic heterocycles. The summed E-state index contributed by atoms with van der Waals surface area (Å²) in [4.78, 5) is 14.6. The van der Waals surface area contributed by atoms with Gasteiger partial charge in [-0.1, -0.05) is 78.5 Å². The third-order valence-electron chi connectivity index (χ3n) is 4.60. The summed E-state index contributed by atoms with van der Waals surface area (Å²) in [7, 11) is 0. The Balaban J connectivity index is 1.62. The number of para-hydroxylation sites is 1. The lowest BCUT2D eigenvalue weighted by molar-refractivity contribution is -0.134.